The van der Waals surface area contributed by atoms with Crippen LogP contribution in [0.25, 0.3) is 11.1 Å². The van der Waals surface area contributed by atoms with E-state index < -0.39 is 47.1 Å². The van der Waals surface area contributed by atoms with Crippen molar-refractivity contribution in [2.45, 2.75) is 83.5 Å². The first-order valence-corrected chi connectivity index (χ1v) is 13.0. The molecule has 35 heavy (non-hydrogen) atoms. The molecular weight excluding hydrogens is 462 g/mol. The minimum Gasteiger partial charge on any atom is -0.206 e. The maximum absolute atomic E-state index is 15.1. The van der Waals surface area contributed by atoms with Gasteiger partial charge in [0.25, 0.3) is 5.92 Å². The molecule has 0 aromatic heterocycles. The summed E-state index contributed by atoms with van der Waals surface area (Å²) < 4.78 is 86.3. The molecule has 0 nitrogen and oxygen atoms in total. The molecule has 2 aromatic carbocycles. The van der Waals surface area contributed by atoms with Crippen LogP contribution in [-0.2, 0) is 6.42 Å². The van der Waals surface area contributed by atoms with Gasteiger partial charge in [0.2, 0.25) is 0 Å². The van der Waals surface area contributed by atoms with E-state index in [1.165, 1.54) is 38.5 Å². The Bertz CT molecular complexity index is 977. The van der Waals surface area contributed by atoms with E-state index in [9.17, 15) is 17.6 Å². The standard InChI is InChI=1S/C29H34F6/c1-2-3-18-4-6-20(7-5-18)21-8-11-23(12-9-21)29(34,35)17-19-14-26(32)28(27(33)15-19)22-10-13-24(30)25(31)16-22/h10,13-16,18,20-21,23H,2-9,11-12,17H2,1H3. The van der Waals surface area contributed by atoms with Gasteiger partial charge >= 0.3 is 0 Å². The molecule has 2 aromatic rings. The van der Waals surface area contributed by atoms with Crippen molar-refractivity contribution in [3.8, 4) is 11.1 Å². The second kappa shape index (κ2) is 11.0. The van der Waals surface area contributed by atoms with Crippen molar-refractivity contribution in [3.05, 3.63) is 59.2 Å². The number of rotatable bonds is 7. The van der Waals surface area contributed by atoms with E-state index in [0.29, 0.717) is 30.7 Å². The van der Waals surface area contributed by atoms with Crippen LogP contribution >= 0.6 is 0 Å². The topological polar surface area (TPSA) is 0 Å². The quantitative estimate of drug-likeness (QED) is 0.335. The fraction of sp³-hybridized carbons (Fsp3) is 0.586. The zero-order chi connectivity index (χ0) is 25.2. The van der Waals surface area contributed by atoms with Crippen LogP contribution in [0, 0.1) is 46.9 Å². The highest BCUT2D eigenvalue weighted by Crippen LogP contribution is 2.46. The summed E-state index contributed by atoms with van der Waals surface area (Å²) in [6.07, 6.45) is 9.15. The van der Waals surface area contributed by atoms with Crippen molar-refractivity contribution in [2.75, 3.05) is 0 Å². The number of benzene rings is 2. The molecule has 4 rings (SSSR count). The summed E-state index contributed by atoms with van der Waals surface area (Å²) in [5, 5.41) is 0. The fourth-order valence-corrected chi connectivity index (χ4v) is 6.44. The molecule has 6 heteroatoms. The summed E-state index contributed by atoms with van der Waals surface area (Å²) in [4.78, 5) is 0. The van der Waals surface area contributed by atoms with E-state index in [0.717, 1.165) is 43.0 Å². The average molecular weight is 497 g/mol. The number of alkyl halides is 2. The summed E-state index contributed by atoms with van der Waals surface area (Å²) in [6, 6.07) is 4.30. The summed E-state index contributed by atoms with van der Waals surface area (Å²) >= 11 is 0. The highest BCUT2D eigenvalue weighted by molar-refractivity contribution is 5.65. The van der Waals surface area contributed by atoms with E-state index in [1.807, 2.05) is 0 Å². The third-order valence-corrected chi connectivity index (χ3v) is 8.37. The van der Waals surface area contributed by atoms with Gasteiger partial charge in [0.1, 0.15) is 11.6 Å². The van der Waals surface area contributed by atoms with Crippen LogP contribution < -0.4 is 0 Å². The molecule has 0 amide bonds. The van der Waals surface area contributed by atoms with Crippen molar-refractivity contribution in [2.24, 2.45) is 23.7 Å². The first kappa shape index (κ1) is 26.1. The molecule has 2 aliphatic carbocycles. The monoisotopic (exact) mass is 496 g/mol. The molecule has 0 atom stereocenters. The molecule has 192 valence electrons. The van der Waals surface area contributed by atoms with E-state index in [-0.39, 0.29) is 11.1 Å². The first-order valence-electron chi connectivity index (χ1n) is 13.0. The molecule has 0 unspecified atom stereocenters. The zero-order valence-corrected chi connectivity index (χ0v) is 20.2. The molecule has 0 saturated heterocycles. The SMILES string of the molecule is CCCC1CCC(C2CCC(C(F)(F)Cc3cc(F)c(-c4ccc(F)c(F)c4)c(F)c3)CC2)CC1. The van der Waals surface area contributed by atoms with Crippen molar-refractivity contribution in [3.63, 3.8) is 0 Å². The van der Waals surface area contributed by atoms with Crippen molar-refractivity contribution in [1.29, 1.82) is 0 Å². The van der Waals surface area contributed by atoms with Gasteiger partial charge in [-0.3, -0.25) is 0 Å². The zero-order valence-electron chi connectivity index (χ0n) is 20.2. The van der Waals surface area contributed by atoms with E-state index in [4.69, 9.17) is 0 Å². The van der Waals surface area contributed by atoms with Crippen LogP contribution in [0.4, 0.5) is 26.3 Å². The predicted molar refractivity (Wildman–Crippen MR) is 126 cm³/mol. The lowest BCUT2D eigenvalue weighted by atomic mass is 9.67. The van der Waals surface area contributed by atoms with Gasteiger partial charge in [0.15, 0.2) is 11.6 Å². The minimum absolute atomic E-state index is 0.132. The Labute approximate surface area is 204 Å². The minimum atomic E-state index is -3.06. The summed E-state index contributed by atoms with van der Waals surface area (Å²) in [7, 11) is 0. The Morgan fingerprint density at radius 1 is 0.714 bits per heavy atom. The van der Waals surface area contributed by atoms with E-state index in [2.05, 4.69) is 6.92 Å². The Hall–Kier alpha value is -1.98. The molecule has 0 N–H and O–H groups in total. The largest absolute Gasteiger partial charge is 0.254 e. The lowest BCUT2D eigenvalue weighted by Crippen LogP contribution is -2.35. The lowest BCUT2D eigenvalue weighted by molar-refractivity contribution is -0.0777. The predicted octanol–water partition coefficient (Wildman–Crippen LogP) is 9.50. The maximum Gasteiger partial charge on any atom is 0.254 e. The van der Waals surface area contributed by atoms with Gasteiger partial charge < -0.3 is 0 Å². The fourth-order valence-electron chi connectivity index (χ4n) is 6.44. The third kappa shape index (κ3) is 6.06. The molecule has 0 spiro atoms. The van der Waals surface area contributed by atoms with Crippen LogP contribution in [0.3, 0.4) is 0 Å². The van der Waals surface area contributed by atoms with E-state index in [1.54, 1.807) is 0 Å². The summed E-state index contributed by atoms with van der Waals surface area (Å²) in [6.45, 7) is 2.22. The van der Waals surface area contributed by atoms with Gasteiger partial charge in [-0.15, -0.1) is 0 Å². The second-order valence-electron chi connectivity index (χ2n) is 10.7. The number of hydrogen-bond acceptors (Lipinski definition) is 0. The molecule has 2 aliphatic rings. The van der Waals surface area contributed by atoms with Crippen LogP contribution in [-0.4, -0.2) is 5.92 Å². The lowest BCUT2D eigenvalue weighted by Gasteiger charge is -2.39. The molecular formula is C29H34F6. The summed E-state index contributed by atoms with van der Waals surface area (Å²) in [5.74, 6) is -6.39. The molecule has 0 aliphatic heterocycles. The molecule has 0 radical (unpaired) electrons. The van der Waals surface area contributed by atoms with E-state index >= 15 is 8.78 Å². The smallest absolute Gasteiger partial charge is 0.206 e. The van der Waals surface area contributed by atoms with Crippen LogP contribution in [0.1, 0.15) is 76.7 Å². The van der Waals surface area contributed by atoms with Crippen molar-refractivity contribution >= 4 is 0 Å². The summed E-state index contributed by atoms with van der Waals surface area (Å²) in [5.41, 5.74) is -0.864. The highest BCUT2D eigenvalue weighted by atomic mass is 19.3. The highest BCUT2D eigenvalue weighted by Gasteiger charge is 2.43. The molecule has 2 fully saturated rings. The van der Waals surface area contributed by atoms with Gasteiger partial charge in [0.05, 0.1) is 5.56 Å². The van der Waals surface area contributed by atoms with Gasteiger partial charge in [-0.05, 0) is 91.7 Å². The van der Waals surface area contributed by atoms with Crippen molar-refractivity contribution < 1.29 is 26.3 Å². The molecule has 0 heterocycles. The second-order valence-corrected chi connectivity index (χ2v) is 10.7. The van der Waals surface area contributed by atoms with Gasteiger partial charge in [0, 0.05) is 12.3 Å². The van der Waals surface area contributed by atoms with Crippen LogP contribution in [0.2, 0.25) is 0 Å². The average Bonchev–Trinajstić information content (AvgIpc) is 2.81. The number of hydrogen-bond donors (Lipinski definition) is 0. The van der Waals surface area contributed by atoms with Crippen molar-refractivity contribution in [1.82, 2.24) is 0 Å². The Morgan fingerprint density at radius 2 is 1.29 bits per heavy atom. The van der Waals surface area contributed by atoms with Gasteiger partial charge in [-0.25, -0.2) is 26.3 Å². The Kier molecular flexibility index (Phi) is 8.17. The third-order valence-electron chi connectivity index (χ3n) is 8.37. The van der Waals surface area contributed by atoms with Gasteiger partial charge in [-0.2, -0.15) is 0 Å². The van der Waals surface area contributed by atoms with Gasteiger partial charge in [-0.1, -0.05) is 38.7 Å². The molecule has 0 bridgehead atoms. The first-order chi connectivity index (χ1) is 16.7. The normalized spacial score (nSPS) is 25.6. The Morgan fingerprint density at radius 3 is 1.83 bits per heavy atom. The van der Waals surface area contributed by atoms with Crippen LogP contribution in [0.5, 0.6) is 0 Å². The molecule has 2 saturated carbocycles. The number of halogens is 6. The van der Waals surface area contributed by atoms with Crippen LogP contribution in [0.15, 0.2) is 30.3 Å². The maximum atomic E-state index is 15.1. The Balaban J connectivity index is 1.37.